The van der Waals surface area contributed by atoms with Crippen molar-refractivity contribution in [2.45, 2.75) is 51.9 Å². The van der Waals surface area contributed by atoms with Gasteiger partial charge in [0.25, 0.3) is 0 Å². The van der Waals surface area contributed by atoms with Crippen LogP contribution in [0.2, 0.25) is 0 Å². The highest BCUT2D eigenvalue weighted by atomic mass is 32.2. The van der Waals surface area contributed by atoms with Gasteiger partial charge in [0.2, 0.25) is 5.91 Å². The molecule has 1 fully saturated rings. The van der Waals surface area contributed by atoms with Crippen molar-refractivity contribution in [2.75, 3.05) is 10.7 Å². The van der Waals surface area contributed by atoms with Crippen LogP contribution in [-0.2, 0) is 17.6 Å². The van der Waals surface area contributed by atoms with E-state index in [1.54, 1.807) is 4.90 Å². The number of carbonyl (C=O) groups excluding carboxylic acids is 2. The standard InChI is InChI=1S/C32H29F3N6O3S/c1-18(2)26-12-19(3)4-11-27(26)41-28(42)16-45-31(41)38-30(43)37-23-14-20-5-6-21(13-22(20)15-23)29-36-17-40(39-29)24-7-9-25(10-8-24)44-32(33,34)35/h4-13,17-18,23H,14-16H2,1-3H3,(H,37,43). The molecule has 0 radical (unpaired) electrons. The number of nitrogens with zero attached hydrogens (tertiary/aromatic N) is 5. The largest absolute Gasteiger partial charge is 0.573 e. The lowest BCUT2D eigenvalue weighted by Crippen LogP contribution is -2.36. The molecule has 4 aromatic rings. The summed E-state index contributed by atoms with van der Waals surface area (Å²) in [5.74, 6) is 0.426. The van der Waals surface area contributed by atoms with E-state index < -0.39 is 12.4 Å². The average Bonchev–Trinajstić information content (AvgIpc) is 3.71. The molecule has 3 aromatic carbocycles. The summed E-state index contributed by atoms with van der Waals surface area (Å²) in [6, 6.07) is 16.5. The zero-order valence-electron chi connectivity index (χ0n) is 24.6. The number of rotatable bonds is 6. The Morgan fingerprint density at radius 1 is 1.07 bits per heavy atom. The van der Waals surface area contributed by atoms with E-state index in [9.17, 15) is 22.8 Å². The zero-order chi connectivity index (χ0) is 31.9. The fourth-order valence-corrected chi connectivity index (χ4v) is 6.35. The Kier molecular flexibility index (Phi) is 8.12. The lowest BCUT2D eigenvalue weighted by Gasteiger charge is -2.22. The Morgan fingerprint density at radius 3 is 2.56 bits per heavy atom. The van der Waals surface area contributed by atoms with Gasteiger partial charge in [-0.25, -0.2) is 14.5 Å². The number of carbonyl (C=O) groups is 2. The van der Waals surface area contributed by atoms with Crippen molar-refractivity contribution in [1.82, 2.24) is 20.1 Å². The summed E-state index contributed by atoms with van der Waals surface area (Å²) in [7, 11) is 0. The predicted octanol–water partition coefficient (Wildman–Crippen LogP) is 6.58. The van der Waals surface area contributed by atoms with Crippen LogP contribution in [0, 0.1) is 6.92 Å². The van der Waals surface area contributed by atoms with Crippen LogP contribution in [0.3, 0.4) is 0 Å². The first kappa shape index (κ1) is 30.4. The SMILES string of the molecule is Cc1ccc(N2C(=O)CSC2=NC(=O)NC2Cc3ccc(-c4ncn(-c5ccc(OC(F)(F)F)cc5)n4)cc3C2)c(C(C)C)c1. The molecule has 2 aliphatic rings. The van der Waals surface area contributed by atoms with Crippen LogP contribution in [0.1, 0.15) is 42.0 Å². The highest BCUT2D eigenvalue weighted by Crippen LogP contribution is 2.34. The third-order valence-corrected chi connectivity index (χ3v) is 8.48. The smallest absolute Gasteiger partial charge is 0.406 e. The number of benzene rings is 3. The highest BCUT2D eigenvalue weighted by molar-refractivity contribution is 8.15. The Labute approximate surface area is 261 Å². The molecule has 232 valence electrons. The Bertz CT molecular complexity index is 1800. The molecule has 0 spiro atoms. The van der Waals surface area contributed by atoms with Crippen molar-refractivity contribution < 1.29 is 27.5 Å². The summed E-state index contributed by atoms with van der Waals surface area (Å²) in [5.41, 5.74) is 6.30. The Balaban J connectivity index is 1.12. The maximum atomic E-state index is 13.0. The second kappa shape index (κ2) is 12.0. The van der Waals surface area contributed by atoms with Crippen LogP contribution in [0.5, 0.6) is 5.75 Å². The van der Waals surface area contributed by atoms with Crippen LogP contribution >= 0.6 is 11.8 Å². The molecule has 0 saturated carbocycles. The lowest BCUT2D eigenvalue weighted by molar-refractivity contribution is -0.274. The van der Waals surface area contributed by atoms with Gasteiger partial charge in [0.05, 0.1) is 17.1 Å². The summed E-state index contributed by atoms with van der Waals surface area (Å²) in [6.07, 6.45) is -2.06. The van der Waals surface area contributed by atoms with Gasteiger partial charge in [-0.15, -0.1) is 18.3 Å². The first-order valence-corrected chi connectivity index (χ1v) is 15.3. The molecule has 6 rings (SSSR count). The summed E-state index contributed by atoms with van der Waals surface area (Å²) in [4.78, 5) is 36.1. The van der Waals surface area contributed by atoms with E-state index in [2.05, 4.69) is 45.0 Å². The summed E-state index contributed by atoms with van der Waals surface area (Å²) >= 11 is 1.25. The van der Waals surface area contributed by atoms with Gasteiger partial charge in [-0.05, 0) is 78.8 Å². The normalized spacial score (nSPS) is 17.3. The highest BCUT2D eigenvalue weighted by Gasteiger charge is 2.33. The molecular weight excluding hydrogens is 605 g/mol. The maximum Gasteiger partial charge on any atom is 0.573 e. The Hall–Kier alpha value is -4.65. The topological polar surface area (TPSA) is 102 Å². The van der Waals surface area contributed by atoms with Gasteiger partial charge in [-0.3, -0.25) is 9.69 Å². The fraction of sp³-hybridized carbons (Fsp3) is 0.281. The van der Waals surface area contributed by atoms with Gasteiger partial charge in [-0.2, -0.15) is 4.99 Å². The minimum absolute atomic E-state index is 0.110. The van der Waals surface area contributed by atoms with E-state index in [4.69, 9.17) is 0 Å². The quantitative estimate of drug-likeness (QED) is 0.257. The molecule has 2 heterocycles. The first-order chi connectivity index (χ1) is 21.4. The molecule has 9 nitrogen and oxygen atoms in total. The van der Waals surface area contributed by atoms with Gasteiger partial charge in [0, 0.05) is 11.6 Å². The van der Waals surface area contributed by atoms with E-state index in [-0.39, 0.29) is 29.4 Å². The lowest BCUT2D eigenvalue weighted by atomic mass is 9.98. The van der Waals surface area contributed by atoms with Crippen LogP contribution in [0.4, 0.5) is 23.7 Å². The number of amides is 3. The minimum Gasteiger partial charge on any atom is -0.406 e. The number of aliphatic imine (C=N–C) groups is 1. The van der Waals surface area contributed by atoms with Gasteiger partial charge in [0.1, 0.15) is 12.1 Å². The van der Waals surface area contributed by atoms with E-state index >= 15 is 0 Å². The van der Waals surface area contributed by atoms with E-state index in [1.165, 1.54) is 47.0 Å². The Morgan fingerprint density at radius 2 is 1.82 bits per heavy atom. The van der Waals surface area contributed by atoms with Crippen molar-refractivity contribution in [3.63, 3.8) is 0 Å². The number of aromatic nitrogens is 3. The molecule has 1 aromatic heterocycles. The van der Waals surface area contributed by atoms with Crippen LogP contribution in [0.15, 0.2) is 72.0 Å². The number of alkyl halides is 3. The number of hydrogen-bond donors (Lipinski definition) is 1. The number of hydrogen-bond acceptors (Lipinski definition) is 6. The molecule has 1 atom stereocenters. The van der Waals surface area contributed by atoms with Gasteiger partial charge < -0.3 is 10.1 Å². The number of nitrogens with one attached hydrogen (secondary N) is 1. The van der Waals surface area contributed by atoms with Crippen LogP contribution in [0.25, 0.3) is 17.1 Å². The maximum absolute atomic E-state index is 13.0. The third kappa shape index (κ3) is 6.72. The average molecular weight is 635 g/mol. The summed E-state index contributed by atoms with van der Waals surface area (Å²) in [6.45, 7) is 6.14. The molecular formula is C32H29F3N6O3S. The fourth-order valence-electron chi connectivity index (χ4n) is 5.50. The summed E-state index contributed by atoms with van der Waals surface area (Å²) in [5, 5.41) is 7.85. The van der Waals surface area contributed by atoms with Crippen molar-refractivity contribution in [1.29, 1.82) is 0 Å². The zero-order valence-corrected chi connectivity index (χ0v) is 25.4. The molecule has 13 heteroatoms. The molecule has 1 saturated heterocycles. The number of anilines is 1. The van der Waals surface area contributed by atoms with Crippen molar-refractivity contribution >= 4 is 34.6 Å². The molecule has 1 aliphatic heterocycles. The molecule has 3 amide bonds. The molecule has 0 bridgehead atoms. The van der Waals surface area contributed by atoms with E-state index in [0.29, 0.717) is 29.5 Å². The number of aryl methyl sites for hydroxylation is 1. The third-order valence-electron chi connectivity index (χ3n) is 7.56. The molecule has 1 unspecified atom stereocenters. The monoisotopic (exact) mass is 634 g/mol. The number of ether oxygens (including phenoxy) is 1. The number of thioether (sulfide) groups is 1. The molecule has 45 heavy (non-hydrogen) atoms. The second-order valence-electron chi connectivity index (χ2n) is 11.2. The molecule has 1 N–H and O–H groups in total. The number of amidine groups is 1. The van der Waals surface area contributed by atoms with Crippen LogP contribution in [-0.4, -0.2) is 50.0 Å². The second-order valence-corrected chi connectivity index (χ2v) is 12.2. The number of urea groups is 1. The predicted molar refractivity (Wildman–Crippen MR) is 166 cm³/mol. The van der Waals surface area contributed by atoms with Gasteiger partial charge >= 0.3 is 12.4 Å². The van der Waals surface area contributed by atoms with E-state index in [1.807, 2.05) is 37.3 Å². The number of halogens is 3. The van der Waals surface area contributed by atoms with Crippen molar-refractivity contribution in [3.05, 3.63) is 89.2 Å². The number of fused-ring (bicyclic) bond motifs is 1. The van der Waals surface area contributed by atoms with Crippen molar-refractivity contribution in [3.8, 4) is 22.8 Å². The minimum atomic E-state index is -4.76. The first-order valence-electron chi connectivity index (χ1n) is 14.3. The van der Waals surface area contributed by atoms with Gasteiger partial charge in [0.15, 0.2) is 11.0 Å². The van der Waals surface area contributed by atoms with Gasteiger partial charge in [-0.1, -0.05) is 55.4 Å². The van der Waals surface area contributed by atoms with Crippen molar-refractivity contribution in [2.24, 2.45) is 4.99 Å². The molecule has 1 aliphatic carbocycles. The van der Waals surface area contributed by atoms with E-state index in [0.717, 1.165) is 33.5 Å². The summed E-state index contributed by atoms with van der Waals surface area (Å²) < 4.78 is 42.8. The van der Waals surface area contributed by atoms with Crippen LogP contribution < -0.4 is 15.0 Å².